The number of oxime groups is 1. The standard InChI is InChI=1S/C11H13Cl2N3O2/c1-18-16-10(4-5-11(14)15-17)7-2-3-8(12)9(13)6-7/h2-4,6,16-17H,5H2,1H3,(H2,14,15)/b10-4-. The molecule has 0 unspecified atom stereocenters. The van der Waals surface area contributed by atoms with Crippen molar-refractivity contribution in [2.45, 2.75) is 6.42 Å². The first kappa shape index (κ1) is 14.6. The van der Waals surface area contributed by atoms with E-state index in [9.17, 15) is 0 Å². The molecule has 0 heterocycles. The van der Waals surface area contributed by atoms with Gasteiger partial charge in [0.05, 0.1) is 22.9 Å². The van der Waals surface area contributed by atoms with Gasteiger partial charge >= 0.3 is 0 Å². The highest BCUT2D eigenvalue weighted by molar-refractivity contribution is 6.42. The van der Waals surface area contributed by atoms with Crippen LogP contribution in [0.1, 0.15) is 12.0 Å². The largest absolute Gasteiger partial charge is 0.409 e. The van der Waals surface area contributed by atoms with Crippen molar-refractivity contribution in [1.82, 2.24) is 5.48 Å². The van der Waals surface area contributed by atoms with Gasteiger partial charge in [-0.2, -0.15) is 0 Å². The van der Waals surface area contributed by atoms with Gasteiger partial charge in [-0.25, -0.2) is 0 Å². The average Bonchev–Trinajstić information content (AvgIpc) is 2.37. The summed E-state index contributed by atoms with van der Waals surface area (Å²) in [6.07, 6.45) is 1.97. The lowest BCUT2D eigenvalue weighted by molar-refractivity contribution is 0.136. The van der Waals surface area contributed by atoms with E-state index in [1.807, 2.05) is 0 Å². The van der Waals surface area contributed by atoms with Crippen LogP contribution < -0.4 is 11.2 Å². The van der Waals surface area contributed by atoms with E-state index in [2.05, 4.69) is 10.6 Å². The maximum atomic E-state index is 8.47. The van der Waals surface area contributed by atoms with Crippen molar-refractivity contribution < 1.29 is 10.0 Å². The van der Waals surface area contributed by atoms with Crippen LogP contribution in [0, 0.1) is 0 Å². The van der Waals surface area contributed by atoms with Gasteiger partial charge in [-0.3, -0.25) is 10.3 Å². The lowest BCUT2D eigenvalue weighted by Crippen LogP contribution is -2.13. The van der Waals surface area contributed by atoms with E-state index < -0.39 is 0 Å². The minimum absolute atomic E-state index is 0.0884. The van der Waals surface area contributed by atoms with Crippen LogP contribution in [-0.2, 0) is 4.84 Å². The zero-order valence-corrected chi connectivity index (χ0v) is 11.2. The summed E-state index contributed by atoms with van der Waals surface area (Å²) in [5.74, 6) is 0.0884. The van der Waals surface area contributed by atoms with Gasteiger partial charge in [0.2, 0.25) is 0 Å². The molecule has 0 fully saturated rings. The van der Waals surface area contributed by atoms with Crippen molar-refractivity contribution in [2.75, 3.05) is 7.11 Å². The number of hydrogen-bond acceptors (Lipinski definition) is 4. The quantitative estimate of drug-likeness (QED) is 0.337. The predicted octanol–water partition coefficient (Wildman–Crippen LogP) is 2.62. The number of hydrogen-bond donors (Lipinski definition) is 3. The second kappa shape index (κ2) is 7.10. The number of nitrogens with one attached hydrogen (secondary N) is 1. The fourth-order valence-electron chi connectivity index (χ4n) is 1.24. The van der Waals surface area contributed by atoms with E-state index in [0.717, 1.165) is 5.56 Å². The predicted molar refractivity (Wildman–Crippen MR) is 72.6 cm³/mol. The summed E-state index contributed by atoms with van der Waals surface area (Å²) in [7, 11) is 1.48. The molecule has 0 bridgehead atoms. The van der Waals surface area contributed by atoms with Crippen LogP contribution in [0.4, 0.5) is 0 Å². The zero-order chi connectivity index (χ0) is 13.5. The Morgan fingerprint density at radius 2 is 2.22 bits per heavy atom. The summed E-state index contributed by atoms with van der Waals surface area (Å²) in [6, 6.07) is 5.14. The summed E-state index contributed by atoms with van der Waals surface area (Å²) >= 11 is 11.8. The number of rotatable bonds is 5. The molecule has 0 atom stereocenters. The molecule has 0 aliphatic rings. The molecule has 5 nitrogen and oxygen atoms in total. The molecular weight excluding hydrogens is 277 g/mol. The molecule has 1 aromatic carbocycles. The number of amidine groups is 1. The third-order valence-electron chi connectivity index (χ3n) is 2.09. The van der Waals surface area contributed by atoms with Gasteiger partial charge in [0.25, 0.3) is 0 Å². The maximum absolute atomic E-state index is 8.47. The van der Waals surface area contributed by atoms with Crippen molar-refractivity contribution in [3.8, 4) is 0 Å². The van der Waals surface area contributed by atoms with Crippen LogP contribution in [0.15, 0.2) is 29.4 Å². The van der Waals surface area contributed by atoms with E-state index in [-0.39, 0.29) is 12.3 Å². The Hall–Kier alpha value is -1.43. The second-order valence-electron chi connectivity index (χ2n) is 3.35. The second-order valence-corrected chi connectivity index (χ2v) is 4.16. The van der Waals surface area contributed by atoms with Gasteiger partial charge < -0.3 is 10.9 Å². The molecule has 0 saturated heterocycles. The Balaban J connectivity index is 3.00. The third kappa shape index (κ3) is 4.10. The van der Waals surface area contributed by atoms with Crippen molar-refractivity contribution in [1.29, 1.82) is 0 Å². The summed E-state index contributed by atoms with van der Waals surface area (Å²) in [5.41, 5.74) is 9.50. The number of nitrogens with zero attached hydrogens (tertiary/aromatic N) is 1. The van der Waals surface area contributed by atoms with Gasteiger partial charge in [-0.15, -0.1) is 0 Å². The molecule has 98 valence electrons. The van der Waals surface area contributed by atoms with Crippen LogP contribution in [-0.4, -0.2) is 18.2 Å². The Morgan fingerprint density at radius 1 is 1.50 bits per heavy atom. The summed E-state index contributed by atoms with van der Waals surface area (Å²) in [5, 5.41) is 12.3. The van der Waals surface area contributed by atoms with Crippen LogP contribution >= 0.6 is 23.2 Å². The van der Waals surface area contributed by atoms with E-state index in [1.54, 1.807) is 24.3 Å². The minimum Gasteiger partial charge on any atom is -0.409 e. The number of nitrogens with two attached hydrogens (primary N) is 1. The van der Waals surface area contributed by atoms with E-state index in [0.29, 0.717) is 15.7 Å². The molecule has 1 rings (SSSR count). The van der Waals surface area contributed by atoms with E-state index in [4.69, 9.17) is 39.0 Å². The van der Waals surface area contributed by atoms with Gasteiger partial charge in [-0.1, -0.05) is 40.5 Å². The lowest BCUT2D eigenvalue weighted by Gasteiger charge is -2.10. The highest BCUT2D eigenvalue weighted by Crippen LogP contribution is 2.25. The van der Waals surface area contributed by atoms with Crippen molar-refractivity contribution in [2.24, 2.45) is 10.9 Å². The Morgan fingerprint density at radius 3 is 2.78 bits per heavy atom. The first-order valence-electron chi connectivity index (χ1n) is 4.99. The molecule has 0 saturated carbocycles. The van der Waals surface area contributed by atoms with Crippen LogP contribution in [0.3, 0.4) is 0 Å². The van der Waals surface area contributed by atoms with E-state index >= 15 is 0 Å². The molecule has 0 aliphatic heterocycles. The number of halogens is 2. The molecular formula is C11H13Cl2N3O2. The molecule has 0 aliphatic carbocycles. The van der Waals surface area contributed by atoms with Gasteiger partial charge in [0, 0.05) is 12.0 Å². The highest BCUT2D eigenvalue weighted by Gasteiger charge is 2.05. The normalized spacial score (nSPS) is 12.6. The molecule has 0 aromatic heterocycles. The molecule has 0 radical (unpaired) electrons. The smallest absolute Gasteiger partial charge is 0.143 e. The van der Waals surface area contributed by atoms with E-state index in [1.165, 1.54) is 7.11 Å². The maximum Gasteiger partial charge on any atom is 0.143 e. The minimum atomic E-state index is 0.0884. The van der Waals surface area contributed by atoms with Gasteiger partial charge in [0.1, 0.15) is 5.84 Å². The fourth-order valence-corrected chi connectivity index (χ4v) is 1.54. The SMILES string of the molecule is CON/C(=C\CC(N)=NO)c1ccc(Cl)c(Cl)c1. The summed E-state index contributed by atoms with van der Waals surface area (Å²) < 4.78 is 0. The molecule has 18 heavy (non-hydrogen) atoms. The lowest BCUT2D eigenvalue weighted by atomic mass is 10.1. The molecule has 1 aromatic rings. The molecule has 0 spiro atoms. The molecule has 7 heteroatoms. The zero-order valence-electron chi connectivity index (χ0n) is 9.65. The first-order valence-corrected chi connectivity index (χ1v) is 5.75. The van der Waals surface area contributed by atoms with Crippen LogP contribution in [0.25, 0.3) is 5.70 Å². The van der Waals surface area contributed by atoms with Crippen LogP contribution in [0.2, 0.25) is 10.0 Å². The number of benzene rings is 1. The topological polar surface area (TPSA) is 79.9 Å². The summed E-state index contributed by atoms with van der Waals surface area (Å²) in [6.45, 7) is 0. The third-order valence-corrected chi connectivity index (χ3v) is 2.83. The van der Waals surface area contributed by atoms with Gasteiger partial charge in [-0.05, 0) is 12.1 Å². The summed E-state index contributed by atoms with van der Waals surface area (Å²) in [4.78, 5) is 4.86. The van der Waals surface area contributed by atoms with Crippen LogP contribution in [0.5, 0.6) is 0 Å². The average molecular weight is 290 g/mol. The highest BCUT2D eigenvalue weighted by atomic mass is 35.5. The van der Waals surface area contributed by atoms with Crippen molar-refractivity contribution >= 4 is 34.7 Å². The fraction of sp³-hybridized carbons (Fsp3) is 0.182. The monoisotopic (exact) mass is 289 g/mol. The number of hydroxylamine groups is 1. The molecule has 4 N–H and O–H groups in total. The Bertz CT molecular complexity index is 475. The molecule has 0 amide bonds. The van der Waals surface area contributed by atoms with Crippen molar-refractivity contribution in [3.63, 3.8) is 0 Å². The Kier molecular flexibility index (Phi) is 5.77. The van der Waals surface area contributed by atoms with Crippen molar-refractivity contribution in [3.05, 3.63) is 39.9 Å². The first-order chi connectivity index (χ1) is 8.58. The Labute approximate surface area is 115 Å². The van der Waals surface area contributed by atoms with Gasteiger partial charge in [0.15, 0.2) is 0 Å².